The summed E-state index contributed by atoms with van der Waals surface area (Å²) < 4.78 is 5.44. The SMILES string of the molecule is COc1cccc(C(CN2CCC(O)CC2)N2CCNC(C)C2)c1. The van der Waals surface area contributed by atoms with E-state index in [-0.39, 0.29) is 6.10 Å². The number of hydrogen-bond acceptors (Lipinski definition) is 5. The molecular weight excluding hydrogens is 302 g/mol. The number of rotatable bonds is 5. The summed E-state index contributed by atoms with van der Waals surface area (Å²) in [7, 11) is 1.73. The number of nitrogens with zero attached hydrogens (tertiary/aromatic N) is 2. The third-order valence-corrected chi connectivity index (χ3v) is 5.31. The van der Waals surface area contributed by atoms with Crippen molar-refractivity contribution in [2.45, 2.75) is 38.0 Å². The summed E-state index contributed by atoms with van der Waals surface area (Å²) in [6.45, 7) is 8.44. The summed E-state index contributed by atoms with van der Waals surface area (Å²) in [5, 5.41) is 13.3. The quantitative estimate of drug-likeness (QED) is 0.855. The molecule has 1 aromatic rings. The van der Waals surface area contributed by atoms with Crippen LogP contribution >= 0.6 is 0 Å². The molecule has 2 fully saturated rings. The molecule has 2 aliphatic heterocycles. The van der Waals surface area contributed by atoms with Gasteiger partial charge in [0.25, 0.3) is 0 Å². The molecule has 0 aliphatic carbocycles. The number of ether oxygens (including phenoxy) is 1. The van der Waals surface area contributed by atoms with E-state index in [1.165, 1.54) is 5.56 Å². The van der Waals surface area contributed by atoms with Crippen molar-refractivity contribution < 1.29 is 9.84 Å². The minimum absolute atomic E-state index is 0.115. The zero-order valence-corrected chi connectivity index (χ0v) is 14.9. The maximum absolute atomic E-state index is 9.77. The first-order chi connectivity index (χ1) is 11.7. The number of nitrogens with one attached hydrogen (secondary N) is 1. The van der Waals surface area contributed by atoms with Crippen molar-refractivity contribution in [3.05, 3.63) is 29.8 Å². The van der Waals surface area contributed by atoms with Crippen LogP contribution in [0.2, 0.25) is 0 Å². The zero-order valence-electron chi connectivity index (χ0n) is 14.9. The van der Waals surface area contributed by atoms with E-state index in [1.54, 1.807) is 7.11 Å². The van der Waals surface area contributed by atoms with E-state index in [0.717, 1.165) is 57.9 Å². The molecule has 0 bridgehead atoms. The van der Waals surface area contributed by atoms with Gasteiger partial charge in [-0.1, -0.05) is 12.1 Å². The van der Waals surface area contributed by atoms with Crippen LogP contribution in [-0.2, 0) is 0 Å². The highest BCUT2D eigenvalue weighted by molar-refractivity contribution is 5.31. The van der Waals surface area contributed by atoms with Gasteiger partial charge in [0.1, 0.15) is 5.75 Å². The van der Waals surface area contributed by atoms with E-state index >= 15 is 0 Å². The predicted octanol–water partition coefficient (Wildman–Crippen LogP) is 1.49. The standard InChI is InChI=1S/C19H31N3O2/c1-15-13-22(11-8-20-15)19(14-21-9-6-17(23)7-10-21)16-4-3-5-18(12-16)24-2/h3-5,12,15,17,19-20,23H,6-11,13-14H2,1-2H3. The molecular formula is C19H31N3O2. The molecule has 0 spiro atoms. The molecule has 24 heavy (non-hydrogen) atoms. The van der Waals surface area contributed by atoms with Crippen LogP contribution < -0.4 is 10.1 Å². The highest BCUT2D eigenvalue weighted by Gasteiger charge is 2.28. The number of methoxy groups -OCH3 is 1. The molecule has 2 unspecified atom stereocenters. The van der Waals surface area contributed by atoms with Crippen molar-refractivity contribution in [1.82, 2.24) is 15.1 Å². The molecule has 0 amide bonds. The Balaban J connectivity index is 1.77. The summed E-state index contributed by atoms with van der Waals surface area (Å²) in [6, 6.07) is 9.40. The van der Waals surface area contributed by atoms with E-state index in [4.69, 9.17) is 4.74 Å². The van der Waals surface area contributed by atoms with Gasteiger partial charge in [0.15, 0.2) is 0 Å². The van der Waals surface area contributed by atoms with Crippen LogP contribution in [0.25, 0.3) is 0 Å². The summed E-state index contributed by atoms with van der Waals surface area (Å²) in [5.41, 5.74) is 1.33. The third-order valence-electron chi connectivity index (χ3n) is 5.31. The lowest BCUT2D eigenvalue weighted by molar-refractivity contribution is 0.0552. The normalized spacial score (nSPS) is 25.5. The van der Waals surface area contributed by atoms with E-state index in [2.05, 4.69) is 40.2 Å². The number of piperidine rings is 1. The first-order valence-corrected chi connectivity index (χ1v) is 9.17. The molecule has 5 heteroatoms. The molecule has 0 aromatic heterocycles. The molecule has 0 radical (unpaired) electrons. The molecule has 1 aromatic carbocycles. The minimum Gasteiger partial charge on any atom is -0.497 e. The fourth-order valence-corrected chi connectivity index (χ4v) is 3.87. The summed E-state index contributed by atoms with van der Waals surface area (Å²) in [5.74, 6) is 0.926. The van der Waals surface area contributed by atoms with Crippen molar-refractivity contribution in [3.8, 4) is 5.75 Å². The second-order valence-corrected chi connectivity index (χ2v) is 7.17. The zero-order chi connectivity index (χ0) is 16.9. The lowest BCUT2D eigenvalue weighted by Crippen LogP contribution is -2.52. The Bertz CT molecular complexity index is 517. The molecule has 2 N–H and O–H groups in total. The summed E-state index contributed by atoms with van der Waals surface area (Å²) >= 11 is 0. The van der Waals surface area contributed by atoms with E-state index in [9.17, 15) is 5.11 Å². The Labute approximate surface area is 145 Å². The Morgan fingerprint density at radius 1 is 1.29 bits per heavy atom. The Kier molecular flexibility index (Phi) is 6.11. The Morgan fingerprint density at radius 3 is 2.79 bits per heavy atom. The van der Waals surface area contributed by atoms with Crippen LogP contribution in [0, 0.1) is 0 Å². The minimum atomic E-state index is -0.115. The average Bonchev–Trinajstić information content (AvgIpc) is 2.61. The molecule has 2 heterocycles. The molecule has 3 rings (SSSR count). The van der Waals surface area contributed by atoms with Gasteiger partial charge in [-0.2, -0.15) is 0 Å². The van der Waals surface area contributed by atoms with Crippen LogP contribution in [0.4, 0.5) is 0 Å². The molecule has 134 valence electrons. The van der Waals surface area contributed by atoms with Crippen LogP contribution in [0.3, 0.4) is 0 Å². The van der Waals surface area contributed by atoms with Gasteiger partial charge in [0.05, 0.1) is 13.2 Å². The summed E-state index contributed by atoms with van der Waals surface area (Å²) in [6.07, 6.45) is 1.67. The number of hydrogen-bond donors (Lipinski definition) is 2. The van der Waals surface area contributed by atoms with E-state index < -0.39 is 0 Å². The number of piperazine rings is 1. The highest BCUT2D eigenvalue weighted by Crippen LogP contribution is 2.27. The maximum atomic E-state index is 9.77. The van der Waals surface area contributed by atoms with Gasteiger partial charge >= 0.3 is 0 Å². The predicted molar refractivity (Wildman–Crippen MR) is 96.5 cm³/mol. The van der Waals surface area contributed by atoms with Crippen molar-refractivity contribution in [2.75, 3.05) is 46.4 Å². The van der Waals surface area contributed by atoms with Crippen LogP contribution in [0.5, 0.6) is 5.75 Å². The maximum Gasteiger partial charge on any atom is 0.119 e. The van der Waals surface area contributed by atoms with Crippen molar-refractivity contribution in [2.24, 2.45) is 0 Å². The third kappa shape index (κ3) is 4.48. The molecule has 2 aliphatic rings. The fraction of sp³-hybridized carbons (Fsp3) is 0.684. The van der Waals surface area contributed by atoms with Gasteiger partial charge in [-0.15, -0.1) is 0 Å². The molecule has 5 nitrogen and oxygen atoms in total. The number of benzene rings is 1. The topological polar surface area (TPSA) is 48.0 Å². The molecule has 0 saturated carbocycles. The highest BCUT2D eigenvalue weighted by atomic mass is 16.5. The van der Waals surface area contributed by atoms with Crippen LogP contribution in [0.15, 0.2) is 24.3 Å². The van der Waals surface area contributed by atoms with Gasteiger partial charge in [-0.25, -0.2) is 0 Å². The summed E-state index contributed by atoms with van der Waals surface area (Å²) in [4.78, 5) is 5.10. The number of likely N-dealkylation sites (tertiary alicyclic amines) is 1. The van der Waals surface area contributed by atoms with Crippen LogP contribution in [0.1, 0.15) is 31.4 Å². The van der Waals surface area contributed by atoms with Gasteiger partial charge < -0.3 is 20.1 Å². The first-order valence-electron chi connectivity index (χ1n) is 9.17. The van der Waals surface area contributed by atoms with E-state index in [1.807, 2.05) is 6.07 Å². The largest absolute Gasteiger partial charge is 0.497 e. The second-order valence-electron chi connectivity index (χ2n) is 7.17. The monoisotopic (exact) mass is 333 g/mol. The average molecular weight is 333 g/mol. The van der Waals surface area contributed by atoms with Gasteiger partial charge in [0, 0.05) is 51.4 Å². The second kappa shape index (κ2) is 8.30. The van der Waals surface area contributed by atoms with Crippen molar-refractivity contribution >= 4 is 0 Å². The first kappa shape index (κ1) is 17.7. The van der Waals surface area contributed by atoms with Crippen molar-refractivity contribution in [1.29, 1.82) is 0 Å². The molecule has 2 atom stereocenters. The van der Waals surface area contributed by atoms with Crippen LogP contribution in [-0.4, -0.2) is 73.4 Å². The van der Waals surface area contributed by atoms with Gasteiger partial charge in [0.2, 0.25) is 0 Å². The lowest BCUT2D eigenvalue weighted by Gasteiger charge is -2.41. The Morgan fingerprint density at radius 2 is 2.08 bits per heavy atom. The van der Waals surface area contributed by atoms with E-state index in [0.29, 0.717) is 12.1 Å². The smallest absolute Gasteiger partial charge is 0.119 e. The number of aliphatic hydroxyl groups excluding tert-OH is 1. The number of aliphatic hydroxyl groups is 1. The fourth-order valence-electron chi connectivity index (χ4n) is 3.87. The lowest BCUT2D eigenvalue weighted by atomic mass is 10.0. The Hall–Kier alpha value is -1.14. The van der Waals surface area contributed by atoms with Crippen molar-refractivity contribution in [3.63, 3.8) is 0 Å². The van der Waals surface area contributed by atoms with Gasteiger partial charge in [-0.05, 0) is 37.5 Å². The molecule has 2 saturated heterocycles. The van der Waals surface area contributed by atoms with Gasteiger partial charge in [-0.3, -0.25) is 4.90 Å².